The molecule has 1 aliphatic heterocycles. The van der Waals surface area contributed by atoms with E-state index in [1.807, 2.05) is 0 Å². The van der Waals surface area contributed by atoms with Crippen molar-refractivity contribution >= 4 is 14.0 Å². The van der Waals surface area contributed by atoms with Gasteiger partial charge < -0.3 is 4.90 Å². The lowest BCUT2D eigenvalue weighted by Crippen LogP contribution is -2.19. The highest BCUT2D eigenvalue weighted by molar-refractivity contribution is 7.42. The Morgan fingerprint density at radius 2 is 2.08 bits per heavy atom. The highest BCUT2D eigenvalue weighted by Crippen LogP contribution is 2.10. The summed E-state index contributed by atoms with van der Waals surface area (Å²) in [7, 11) is 1.33. The van der Waals surface area contributed by atoms with Gasteiger partial charge in [0.15, 0.2) is 0 Å². The first-order chi connectivity index (χ1) is 6.45. The van der Waals surface area contributed by atoms with Gasteiger partial charge in [0.2, 0.25) is 0 Å². The Bertz CT molecular complexity index is 316. The van der Waals surface area contributed by atoms with Crippen molar-refractivity contribution in [2.24, 2.45) is 0 Å². The van der Waals surface area contributed by atoms with Crippen molar-refractivity contribution in [1.82, 2.24) is 4.90 Å². The summed E-state index contributed by atoms with van der Waals surface area (Å²) >= 11 is 0. The van der Waals surface area contributed by atoms with Gasteiger partial charge in [0.1, 0.15) is 0 Å². The highest BCUT2D eigenvalue weighted by atomic mass is 31.1. The molecule has 0 unspecified atom stereocenters. The number of rotatable bonds is 2. The lowest BCUT2D eigenvalue weighted by Gasteiger charge is -2.19. The summed E-state index contributed by atoms with van der Waals surface area (Å²) in [5.74, 6) is 4.44. The quantitative estimate of drug-likeness (QED) is 0.646. The van der Waals surface area contributed by atoms with Gasteiger partial charge in [-0.1, -0.05) is 38.5 Å². The summed E-state index contributed by atoms with van der Waals surface area (Å²) < 4.78 is 0. The van der Waals surface area contributed by atoms with Crippen LogP contribution in [0.15, 0.2) is 42.3 Å². The summed E-state index contributed by atoms with van der Waals surface area (Å²) in [4.78, 5) is 2.31. The average Bonchev–Trinajstić information content (AvgIpc) is 2.21. The predicted molar refractivity (Wildman–Crippen MR) is 59.0 cm³/mol. The summed E-state index contributed by atoms with van der Waals surface area (Å²) in [6.45, 7) is 2.08. The topological polar surface area (TPSA) is 3.24 Å². The maximum absolute atomic E-state index is 2.31. The monoisotopic (exact) mass is 189 g/mol. The molecule has 0 atom stereocenters. The molecule has 1 aromatic rings. The normalized spacial score (nSPS) is 16.2. The molecule has 0 N–H and O–H groups in total. The van der Waals surface area contributed by atoms with Crippen LogP contribution in [0, 0.1) is 0 Å². The Labute approximate surface area is 80.5 Å². The van der Waals surface area contributed by atoms with E-state index in [0.717, 1.165) is 13.1 Å². The number of benzene rings is 1. The fraction of sp³-hybridized carbons (Fsp3) is 0.182. The van der Waals surface area contributed by atoms with Crippen LogP contribution in [0.4, 0.5) is 0 Å². The van der Waals surface area contributed by atoms with E-state index in [0.29, 0.717) is 0 Å². The van der Waals surface area contributed by atoms with Crippen molar-refractivity contribution < 1.29 is 0 Å². The number of hydrogen-bond donors (Lipinski definition) is 0. The van der Waals surface area contributed by atoms with E-state index in [1.54, 1.807) is 0 Å². The van der Waals surface area contributed by atoms with Crippen molar-refractivity contribution in [3.63, 3.8) is 0 Å². The van der Waals surface area contributed by atoms with Gasteiger partial charge >= 0.3 is 0 Å². The van der Waals surface area contributed by atoms with Gasteiger partial charge in [0.05, 0.1) is 0 Å². The van der Waals surface area contributed by atoms with Gasteiger partial charge in [-0.25, -0.2) is 0 Å². The Morgan fingerprint density at radius 3 is 2.77 bits per heavy atom. The second-order valence-corrected chi connectivity index (χ2v) is 4.01. The molecule has 2 rings (SSSR count). The van der Waals surface area contributed by atoms with Gasteiger partial charge in [0.25, 0.3) is 0 Å². The molecule has 2 heteroatoms. The molecule has 0 spiro atoms. The fourth-order valence-electron chi connectivity index (χ4n) is 1.34. The molecule has 1 heterocycles. The largest absolute Gasteiger partial charge is 0.369 e. The molecule has 0 saturated carbocycles. The van der Waals surface area contributed by atoms with Crippen molar-refractivity contribution in [2.45, 2.75) is 6.54 Å². The lowest BCUT2D eigenvalue weighted by atomic mass is 10.2. The van der Waals surface area contributed by atoms with Crippen molar-refractivity contribution in [3.05, 3.63) is 47.9 Å². The van der Waals surface area contributed by atoms with Crippen LogP contribution in [0.3, 0.4) is 0 Å². The van der Waals surface area contributed by atoms with Gasteiger partial charge in [-0.3, -0.25) is 0 Å². The molecule has 0 saturated heterocycles. The summed E-state index contributed by atoms with van der Waals surface area (Å²) in [5, 5.41) is 0. The number of hydrogen-bond acceptors (Lipinski definition) is 1. The van der Waals surface area contributed by atoms with E-state index in [2.05, 4.69) is 53.0 Å². The summed E-state index contributed by atoms with van der Waals surface area (Å²) in [5.41, 5.74) is 1.37. The van der Waals surface area contributed by atoms with E-state index in [-0.39, 0.29) is 0 Å². The molecule has 1 aliphatic rings. The molecule has 13 heavy (non-hydrogen) atoms. The second kappa shape index (κ2) is 4.25. The molecular formula is C11H12NP. The van der Waals surface area contributed by atoms with Crippen LogP contribution in [0.5, 0.6) is 0 Å². The molecule has 66 valence electrons. The first-order valence-corrected chi connectivity index (χ1v) is 5.45. The van der Waals surface area contributed by atoms with Crippen LogP contribution in [0.2, 0.25) is 0 Å². The van der Waals surface area contributed by atoms with Crippen molar-refractivity contribution in [1.29, 1.82) is 0 Å². The first-order valence-electron chi connectivity index (χ1n) is 4.41. The highest BCUT2D eigenvalue weighted by Gasteiger charge is 1.99. The predicted octanol–water partition coefficient (Wildman–Crippen LogP) is 2.72. The number of nitrogens with zero attached hydrogens (tertiary/aromatic N) is 1. The maximum Gasteiger partial charge on any atom is 0.0427 e. The van der Waals surface area contributed by atoms with Crippen molar-refractivity contribution in [3.8, 4) is 0 Å². The molecule has 1 aromatic carbocycles. The first kappa shape index (κ1) is 8.52. The van der Waals surface area contributed by atoms with E-state index in [1.165, 1.54) is 13.8 Å². The lowest BCUT2D eigenvalue weighted by molar-refractivity contribution is 0.425. The molecule has 0 aromatic heterocycles. The zero-order chi connectivity index (χ0) is 8.93. The van der Waals surface area contributed by atoms with E-state index in [4.69, 9.17) is 0 Å². The molecule has 0 bridgehead atoms. The van der Waals surface area contributed by atoms with E-state index < -0.39 is 0 Å². The van der Waals surface area contributed by atoms with Crippen molar-refractivity contribution in [2.75, 3.05) is 6.54 Å². The molecule has 0 amide bonds. The van der Waals surface area contributed by atoms with Crippen LogP contribution < -0.4 is 0 Å². The third kappa shape index (κ3) is 2.43. The standard InChI is InChI=1S/C11H12NP/c1-2-4-11(5-3-1)10-12-6-8-13-9-7-12/h1-6,8-9H,7,10H2. The SMILES string of the molecule is C1=CN(Cc2ccccc2)CC=P1. The molecule has 1 nitrogen and oxygen atoms in total. The smallest absolute Gasteiger partial charge is 0.0427 e. The van der Waals surface area contributed by atoms with E-state index >= 15 is 0 Å². The van der Waals surface area contributed by atoms with Gasteiger partial charge in [-0.2, -0.15) is 0 Å². The molecule has 0 aliphatic carbocycles. The second-order valence-electron chi connectivity index (χ2n) is 3.04. The Balaban J connectivity index is 1.99. The van der Waals surface area contributed by atoms with E-state index in [9.17, 15) is 0 Å². The minimum Gasteiger partial charge on any atom is -0.369 e. The van der Waals surface area contributed by atoms with Gasteiger partial charge in [-0.15, -0.1) is 0 Å². The van der Waals surface area contributed by atoms with Crippen LogP contribution >= 0.6 is 8.20 Å². The molecule has 0 radical (unpaired) electrons. The minimum absolute atomic E-state index is 1.02. The van der Waals surface area contributed by atoms with Crippen LogP contribution in [0.25, 0.3) is 0 Å². The van der Waals surface area contributed by atoms with Crippen LogP contribution in [-0.2, 0) is 6.54 Å². The van der Waals surface area contributed by atoms with Crippen LogP contribution in [-0.4, -0.2) is 17.2 Å². The Kier molecular flexibility index (Phi) is 2.79. The minimum atomic E-state index is 1.02. The third-order valence-electron chi connectivity index (χ3n) is 2.01. The Morgan fingerprint density at radius 1 is 1.23 bits per heavy atom. The fourth-order valence-corrected chi connectivity index (χ4v) is 2.03. The van der Waals surface area contributed by atoms with Crippen LogP contribution in [0.1, 0.15) is 5.56 Å². The maximum atomic E-state index is 2.31. The summed E-state index contributed by atoms with van der Waals surface area (Å²) in [6, 6.07) is 10.6. The zero-order valence-electron chi connectivity index (χ0n) is 7.43. The van der Waals surface area contributed by atoms with Gasteiger partial charge in [-0.05, 0) is 17.2 Å². The molecular weight excluding hydrogens is 177 g/mol. The Hall–Kier alpha value is -1.07. The summed E-state index contributed by atoms with van der Waals surface area (Å²) in [6.07, 6.45) is 2.18. The zero-order valence-corrected chi connectivity index (χ0v) is 8.32. The van der Waals surface area contributed by atoms with Gasteiger partial charge in [0, 0.05) is 19.3 Å². The third-order valence-corrected chi connectivity index (χ3v) is 2.69. The average molecular weight is 189 g/mol. The molecule has 0 fully saturated rings.